The Morgan fingerprint density at radius 1 is 1.22 bits per heavy atom. The van der Waals surface area contributed by atoms with E-state index in [9.17, 15) is 4.79 Å². The molecule has 1 atom stereocenters. The van der Waals surface area contributed by atoms with Crippen LogP contribution >= 0.6 is 0 Å². The number of hydrogen-bond acceptors (Lipinski definition) is 2. The van der Waals surface area contributed by atoms with E-state index in [1.165, 1.54) is 32.1 Å². The molecule has 2 aliphatic carbocycles. The molecule has 1 spiro atoms. The van der Waals surface area contributed by atoms with Gasteiger partial charge in [-0.05, 0) is 37.5 Å². The molecule has 2 saturated carbocycles. The lowest BCUT2D eigenvalue weighted by Crippen LogP contribution is -2.44. The highest BCUT2D eigenvalue weighted by molar-refractivity contribution is 5.91. The van der Waals surface area contributed by atoms with Crippen LogP contribution in [0, 0.1) is 5.41 Å². The van der Waals surface area contributed by atoms with Crippen LogP contribution < -0.4 is 5.32 Å². The lowest BCUT2D eigenvalue weighted by molar-refractivity contribution is -0.132. The highest BCUT2D eigenvalue weighted by Crippen LogP contribution is 2.45. The second kappa shape index (κ2) is 4.22. The predicted molar refractivity (Wildman–Crippen MR) is 72.1 cm³/mol. The Kier molecular flexibility index (Phi) is 2.92. The molecule has 0 radical (unpaired) electrons. The summed E-state index contributed by atoms with van der Waals surface area (Å²) in [6.45, 7) is 5.53. The summed E-state index contributed by atoms with van der Waals surface area (Å²) in [6, 6.07) is 0. The minimum atomic E-state index is -0.133. The number of amides is 1. The third kappa shape index (κ3) is 1.97. The summed E-state index contributed by atoms with van der Waals surface area (Å²) in [5, 5.41) is 3.57. The molecule has 18 heavy (non-hydrogen) atoms. The summed E-state index contributed by atoms with van der Waals surface area (Å²) in [6.07, 6.45) is 10.1. The first-order valence-corrected chi connectivity index (χ1v) is 7.67. The Bertz CT molecular complexity index is 342. The highest BCUT2D eigenvalue weighted by atomic mass is 16.2. The average Bonchev–Trinajstić information content (AvgIpc) is 3.09. The smallest absolute Gasteiger partial charge is 0.244 e. The van der Waals surface area contributed by atoms with Gasteiger partial charge in [0.05, 0.1) is 11.7 Å². The SMILES string of the molecule is CCC1NC2(CC2)C(=O)N1CC1(C)CCCCC1. The third-order valence-electron chi connectivity index (χ3n) is 5.24. The van der Waals surface area contributed by atoms with Crippen molar-refractivity contribution in [3.05, 3.63) is 0 Å². The van der Waals surface area contributed by atoms with Crippen molar-refractivity contribution in [1.82, 2.24) is 10.2 Å². The van der Waals surface area contributed by atoms with Crippen molar-refractivity contribution in [3.63, 3.8) is 0 Å². The largest absolute Gasteiger partial charge is 0.325 e. The quantitative estimate of drug-likeness (QED) is 0.835. The standard InChI is InChI=1S/C15H26N2O/c1-3-12-16-15(9-10-15)13(18)17(12)11-14(2)7-5-4-6-8-14/h12,16H,3-11H2,1-2H3. The Hall–Kier alpha value is -0.570. The molecule has 0 aromatic carbocycles. The van der Waals surface area contributed by atoms with Crippen molar-refractivity contribution in [2.24, 2.45) is 5.41 Å². The van der Waals surface area contributed by atoms with Gasteiger partial charge < -0.3 is 4.90 Å². The van der Waals surface area contributed by atoms with Gasteiger partial charge in [0.15, 0.2) is 0 Å². The van der Waals surface area contributed by atoms with E-state index in [0.29, 0.717) is 17.5 Å². The van der Waals surface area contributed by atoms with Gasteiger partial charge in [-0.15, -0.1) is 0 Å². The molecule has 1 aliphatic heterocycles. The molecule has 0 aromatic heterocycles. The van der Waals surface area contributed by atoms with E-state index in [4.69, 9.17) is 0 Å². The number of nitrogens with zero attached hydrogens (tertiary/aromatic N) is 1. The van der Waals surface area contributed by atoms with Crippen molar-refractivity contribution in [2.75, 3.05) is 6.54 Å². The van der Waals surface area contributed by atoms with Crippen molar-refractivity contribution in [1.29, 1.82) is 0 Å². The van der Waals surface area contributed by atoms with Crippen molar-refractivity contribution >= 4 is 5.91 Å². The second-order valence-electron chi connectivity index (χ2n) is 6.95. The molecule has 3 heteroatoms. The molecule has 1 amide bonds. The van der Waals surface area contributed by atoms with Gasteiger partial charge in [0.2, 0.25) is 5.91 Å². The second-order valence-corrected chi connectivity index (χ2v) is 6.95. The maximum Gasteiger partial charge on any atom is 0.244 e. The zero-order valence-electron chi connectivity index (χ0n) is 11.8. The maximum atomic E-state index is 12.5. The third-order valence-corrected chi connectivity index (χ3v) is 5.24. The monoisotopic (exact) mass is 250 g/mol. The van der Waals surface area contributed by atoms with Crippen LogP contribution in [0.25, 0.3) is 0 Å². The van der Waals surface area contributed by atoms with Crippen molar-refractivity contribution in [2.45, 2.75) is 76.9 Å². The molecule has 1 heterocycles. The molecular formula is C15H26N2O. The van der Waals surface area contributed by atoms with E-state index in [-0.39, 0.29) is 5.54 Å². The molecule has 1 saturated heterocycles. The molecule has 102 valence electrons. The Morgan fingerprint density at radius 3 is 2.44 bits per heavy atom. The summed E-state index contributed by atoms with van der Waals surface area (Å²) >= 11 is 0. The average molecular weight is 250 g/mol. The fourth-order valence-electron chi connectivity index (χ4n) is 3.84. The topological polar surface area (TPSA) is 32.3 Å². The Balaban J connectivity index is 1.72. The van der Waals surface area contributed by atoms with Crippen LogP contribution in [0.15, 0.2) is 0 Å². The summed E-state index contributed by atoms with van der Waals surface area (Å²) in [5.41, 5.74) is 0.231. The summed E-state index contributed by atoms with van der Waals surface area (Å²) < 4.78 is 0. The van der Waals surface area contributed by atoms with Gasteiger partial charge in [-0.2, -0.15) is 0 Å². The lowest BCUT2D eigenvalue weighted by atomic mass is 9.75. The molecule has 1 N–H and O–H groups in total. The van der Waals surface area contributed by atoms with Gasteiger partial charge in [-0.3, -0.25) is 10.1 Å². The molecule has 1 unspecified atom stereocenters. The van der Waals surface area contributed by atoms with Gasteiger partial charge in [0.25, 0.3) is 0 Å². The van der Waals surface area contributed by atoms with Crippen LogP contribution in [0.3, 0.4) is 0 Å². The summed E-state index contributed by atoms with van der Waals surface area (Å²) in [5.74, 6) is 0.390. The Morgan fingerprint density at radius 2 is 1.89 bits per heavy atom. The number of rotatable bonds is 3. The fraction of sp³-hybridized carbons (Fsp3) is 0.933. The van der Waals surface area contributed by atoms with Gasteiger partial charge in [0, 0.05) is 6.54 Å². The molecule has 3 aliphatic rings. The van der Waals surface area contributed by atoms with Crippen molar-refractivity contribution < 1.29 is 4.79 Å². The first kappa shape index (κ1) is 12.5. The van der Waals surface area contributed by atoms with E-state index in [1.54, 1.807) is 0 Å². The number of carbonyl (C=O) groups excluding carboxylic acids is 1. The molecule has 3 fully saturated rings. The van der Waals surface area contributed by atoms with Gasteiger partial charge >= 0.3 is 0 Å². The first-order valence-electron chi connectivity index (χ1n) is 7.67. The fourth-order valence-corrected chi connectivity index (χ4v) is 3.84. The van der Waals surface area contributed by atoms with Gasteiger partial charge in [-0.25, -0.2) is 0 Å². The molecular weight excluding hydrogens is 224 g/mol. The zero-order chi connectivity index (χ0) is 12.8. The minimum absolute atomic E-state index is 0.133. The van der Waals surface area contributed by atoms with Crippen LogP contribution in [0.2, 0.25) is 0 Å². The van der Waals surface area contributed by atoms with Gasteiger partial charge in [-0.1, -0.05) is 33.1 Å². The lowest BCUT2D eigenvalue weighted by Gasteiger charge is -2.38. The van der Waals surface area contributed by atoms with Crippen LogP contribution in [0.1, 0.15) is 65.2 Å². The normalized spacial score (nSPS) is 33.1. The van der Waals surface area contributed by atoms with E-state index < -0.39 is 0 Å². The van der Waals surface area contributed by atoms with Gasteiger partial charge in [0.1, 0.15) is 0 Å². The van der Waals surface area contributed by atoms with Crippen LogP contribution in [0.4, 0.5) is 0 Å². The zero-order valence-corrected chi connectivity index (χ0v) is 11.8. The minimum Gasteiger partial charge on any atom is -0.325 e. The van der Waals surface area contributed by atoms with E-state index in [2.05, 4.69) is 24.1 Å². The van der Waals surface area contributed by atoms with E-state index >= 15 is 0 Å². The summed E-state index contributed by atoms with van der Waals surface area (Å²) in [7, 11) is 0. The predicted octanol–water partition coefficient (Wildman–Crippen LogP) is 2.66. The summed E-state index contributed by atoms with van der Waals surface area (Å²) in [4.78, 5) is 14.7. The molecule has 0 aromatic rings. The molecule has 0 bridgehead atoms. The van der Waals surface area contributed by atoms with E-state index in [1.807, 2.05) is 0 Å². The Labute approximate surface area is 110 Å². The maximum absolute atomic E-state index is 12.5. The molecule has 3 rings (SSSR count). The molecule has 3 nitrogen and oxygen atoms in total. The van der Waals surface area contributed by atoms with Crippen LogP contribution in [0.5, 0.6) is 0 Å². The number of carbonyl (C=O) groups is 1. The van der Waals surface area contributed by atoms with Crippen molar-refractivity contribution in [3.8, 4) is 0 Å². The first-order chi connectivity index (χ1) is 8.59. The number of nitrogens with one attached hydrogen (secondary N) is 1. The number of hydrogen-bond donors (Lipinski definition) is 1. The van der Waals surface area contributed by atoms with Crippen LogP contribution in [-0.4, -0.2) is 29.1 Å². The highest BCUT2D eigenvalue weighted by Gasteiger charge is 2.59. The van der Waals surface area contributed by atoms with Crippen LogP contribution in [-0.2, 0) is 4.79 Å². The van der Waals surface area contributed by atoms with E-state index in [0.717, 1.165) is 25.8 Å².